The lowest BCUT2D eigenvalue weighted by Crippen LogP contribution is -2.28. The van der Waals surface area contributed by atoms with E-state index >= 15 is 0 Å². The van der Waals surface area contributed by atoms with Crippen LogP contribution >= 0.6 is 11.8 Å². The van der Waals surface area contributed by atoms with Gasteiger partial charge in [0.15, 0.2) is 11.3 Å². The van der Waals surface area contributed by atoms with Crippen molar-refractivity contribution in [2.24, 2.45) is 4.99 Å². The first-order valence-corrected chi connectivity index (χ1v) is 12.1. The van der Waals surface area contributed by atoms with Crippen LogP contribution in [0.25, 0.3) is 10.9 Å². The number of ether oxygens (including phenoxy) is 3. The van der Waals surface area contributed by atoms with Gasteiger partial charge in [-0.3, -0.25) is 9.30 Å². The molecule has 0 aliphatic carbocycles. The minimum absolute atomic E-state index is 0.0333. The number of nitrogens with zero attached hydrogens (tertiary/aromatic N) is 3. The molecule has 0 radical (unpaired) electrons. The second-order valence-electron chi connectivity index (χ2n) is 7.08. The molecular formula is C21H24N4O5S2. The summed E-state index contributed by atoms with van der Waals surface area (Å²) >= 11 is 1.56. The van der Waals surface area contributed by atoms with Gasteiger partial charge in [-0.05, 0) is 24.3 Å². The summed E-state index contributed by atoms with van der Waals surface area (Å²) in [4.78, 5) is 12.0. The van der Waals surface area contributed by atoms with Crippen LogP contribution in [0.5, 0.6) is 5.75 Å². The summed E-state index contributed by atoms with van der Waals surface area (Å²) in [6, 6.07) is 10.2. The third kappa shape index (κ3) is 4.08. The zero-order valence-corrected chi connectivity index (χ0v) is 19.7. The first-order valence-electron chi connectivity index (χ1n) is 9.76. The first kappa shape index (κ1) is 22.6. The molecule has 1 aromatic carbocycles. The average molecular weight is 477 g/mol. The molecule has 11 heteroatoms. The molecule has 0 saturated carbocycles. The van der Waals surface area contributed by atoms with Crippen molar-refractivity contribution in [2.75, 3.05) is 39.2 Å². The molecule has 2 aromatic heterocycles. The van der Waals surface area contributed by atoms with Gasteiger partial charge < -0.3 is 19.2 Å². The number of aromatic nitrogens is 2. The Labute approximate surface area is 190 Å². The minimum Gasteiger partial charge on any atom is -0.497 e. The van der Waals surface area contributed by atoms with Crippen molar-refractivity contribution in [3.63, 3.8) is 0 Å². The van der Waals surface area contributed by atoms with E-state index < -0.39 is 10.0 Å². The molecular weight excluding hydrogens is 452 g/mol. The predicted octanol–water partition coefficient (Wildman–Crippen LogP) is 2.88. The van der Waals surface area contributed by atoms with Crippen LogP contribution in [0.3, 0.4) is 0 Å². The first-order chi connectivity index (χ1) is 15.4. The van der Waals surface area contributed by atoms with E-state index in [1.807, 2.05) is 12.1 Å². The number of aromatic amines is 1. The summed E-state index contributed by atoms with van der Waals surface area (Å²) in [5.41, 5.74) is 1.89. The maximum Gasteiger partial charge on any atom is 0.281 e. The summed E-state index contributed by atoms with van der Waals surface area (Å²) in [5.74, 6) is 0.541. The van der Waals surface area contributed by atoms with E-state index in [1.54, 1.807) is 51.3 Å². The van der Waals surface area contributed by atoms with Gasteiger partial charge in [-0.1, -0.05) is 17.8 Å². The zero-order chi connectivity index (χ0) is 22.9. The highest BCUT2D eigenvalue weighted by Gasteiger charge is 2.30. The number of nitrogens with one attached hydrogen (secondary N) is 1. The van der Waals surface area contributed by atoms with Gasteiger partial charge in [0.2, 0.25) is 0 Å². The Balaban J connectivity index is 1.74. The van der Waals surface area contributed by atoms with E-state index in [0.717, 1.165) is 16.1 Å². The Morgan fingerprint density at radius 3 is 2.62 bits per heavy atom. The molecule has 0 fully saturated rings. The maximum absolute atomic E-state index is 13.2. The van der Waals surface area contributed by atoms with E-state index in [-0.39, 0.29) is 16.6 Å². The fraction of sp³-hybridized carbons (Fsp3) is 0.333. The highest BCUT2D eigenvalue weighted by Crippen LogP contribution is 2.36. The van der Waals surface area contributed by atoms with Gasteiger partial charge in [0.05, 0.1) is 35.8 Å². The van der Waals surface area contributed by atoms with E-state index in [2.05, 4.69) is 15.0 Å². The van der Waals surface area contributed by atoms with Crippen LogP contribution in [0.1, 0.15) is 5.69 Å². The number of hydrogen-bond acceptors (Lipinski definition) is 8. The molecule has 0 saturated heterocycles. The standard InChI is InChI=1S/C21H24N4O5S2/c1-25(32(26,27)18-7-5-6-8-22-18)16-11-14(28-2)9-13-10-15(24-19(13)16)20-23-12-17(31-20)21(29-3)30-4/h5-11,17,21,24H,12H2,1-4H3. The van der Waals surface area contributed by atoms with Gasteiger partial charge in [-0.2, -0.15) is 8.42 Å². The summed E-state index contributed by atoms with van der Waals surface area (Å²) in [6.07, 6.45) is 1.09. The lowest BCUT2D eigenvalue weighted by atomic mass is 10.2. The monoisotopic (exact) mass is 476 g/mol. The topological polar surface area (TPSA) is 106 Å². The van der Waals surface area contributed by atoms with Crippen LogP contribution in [-0.4, -0.2) is 69.9 Å². The summed E-state index contributed by atoms with van der Waals surface area (Å²) in [7, 11) is 2.38. The van der Waals surface area contributed by atoms with Gasteiger partial charge in [0, 0.05) is 38.9 Å². The van der Waals surface area contributed by atoms with Gasteiger partial charge >= 0.3 is 0 Å². The molecule has 32 heavy (non-hydrogen) atoms. The van der Waals surface area contributed by atoms with Crippen LogP contribution in [0, 0.1) is 0 Å². The lowest BCUT2D eigenvalue weighted by molar-refractivity contribution is -0.0994. The largest absolute Gasteiger partial charge is 0.497 e. The van der Waals surface area contributed by atoms with Crippen LogP contribution in [0.4, 0.5) is 5.69 Å². The molecule has 3 heterocycles. The SMILES string of the molecule is COc1cc(N(C)S(=O)(=O)c2ccccn2)c2[nH]c(C3=NCC(C(OC)OC)S3)cc2c1. The van der Waals surface area contributed by atoms with E-state index in [1.165, 1.54) is 23.6 Å². The van der Waals surface area contributed by atoms with Crippen molar-refractivity contribution in [1.82, 2.24) is 9.97 Å². The highest BCUT2D eigenvalue weighted by molar-refractivity contribution is 8.15. The van der Waals surface area contributed by atoms with Crippen molar-refractivity contribution < 1.29 is 22.6 Å². The molecule has 4 rings (SSSR count). The fourth-order valence-electron chi connectivity index (χ4n) is 3.53. The molecule has 1 N–H and O–H groups in total. The number of methoxy groups -OCH3 is 3. The number of aliphatic imine (C=N–C) groups is 1. The highest BCUT2D eigenvalue weighted by atomic mass is 32.2. The van der Waals surface area contributed by atoms with Gasteiger partial charge in [-0.25, -0.2) is 4.98 Å². The van der Waals surface area contributed by atoms with E-state index in [0.29, 0.717) is 23.5 Å². The smallest absolute Gasteiger partial charge is 0.281 e. The minimum atomic E-state index is -3.87. The normalized spacial score (nSPS) is 16.5. The van der Waals surface area contributed by atoms with Crippen LogP contribution in [0.2, 0.25) is 0 Å². The number of H-pyrrole nitrogens is 1. The fourth-order valence-corrected chi connectivity index (χ4v) is 5.81. The van der Waals surface area contributed by atoms with Crippen molar-refractivity contribution in [2.45, 2.75) is 16.6 Å². The number of hydrogen-bond donors (Lipinski definition) is 1. The van der Waals surface area contributed by atoms with Crippen molar-refractivity contribution in [1.29, 1.82) is 0 Å². The van der Waals surface area contributed by atoms with E-state index in [4.69, 9.17) is 14.2 Å². The predicted molar refractivity (Wildman–Crippen MR) is 125 cm³/mol. The number of benzene rings is 1. The Morgan fingerprint density at radius 1 is 1.19 bits per heavy atom. The third-order valence-corrected chi connectivity index (χ3v) is 8.13. The quantitative estimate of drug-likeness (QED) is 0.498. The van der Waals surface area contributed by atoms with Crippen molar-refractivity contribution in [3.8, 4) is 5.75 Å². The summed E-state index contributed by atoms with van der Waals surface area (Å²) in [5, 5.41) is 1.62. The Hall–Kier alpha value is -2.60. The molecule has 0 bridgehead atoms. The van der Waals surface area contributed by atoms with Crippen molar-refractivity contribution in [3.05, 3.63) is 48.3 Å². The van der Waals surface area contributed by atoms with Gasteiger partial charge in [-0.15, -0.1) is 0 Å². The Kier molecular flexibility index (Phi) is 6.42. The van der Waals surface area contributed by atoms with E-state index in [9.17, 15) is 8.42 Å². The lowest BCUT2D eigenvalue weighted by Gasteiger charge is -2.20. The maximum atomic E-state index is 13.2. The van der Waals surface area contributed by atoms with Crippen LogP contribution in [-0.2, 0) is 19.5 Å². The molecule has 9 nitrogen and oxygen atoms in total. The second kappa shape index (κ2) is 9.10. The average Bonchev–Trinajstić information content (AvgIpc) is 3.46. The summed E-state index contributed by atoms with van der Waals surface area (Å²) in [6.45, 7) is 0.561. The second-order valence-corrected chi connectivity index (χ2v) is 10.2. The van der Waals surface area contributed by atoms with Gasteiger partial charge in [0.1, 0.15) is 10.8 Å². The van der Waals surface area contributed by atoms with Crippen LogP contribution < -0.4 is 9.04 Å². The zero-order valence-electron chi connectivity index (χ0n) is 18.1. The number of pyridine rings is 1. The number of sulfonamides is 1. The third-order valence-electron chi connectivity index (χ3n) is 5.20. The molecule has 3 aromatic rings. The molecule has 0 spiro atoms. The summed E-state index contributed by atoms with van der Waals surface area (Å²) < 4.78 is 43.7. The molecule has 0 amide bonds. The molecule has 1 atom stereocenters. The molecule has 1 unspecified atom stereocenters. The molecule has 1 aliphatic rings. The number of anilines is 1. The van der Waals surface area contributed by atoms with Crippen LogP contribution in [0.15, 0.2) is 52.6 Å². The molecule has 170 valence electrons. The Bertz CT molecular complexity index is 1240. The Morgan fingerprint density at radius 2 is 1.97 bits per heavy atom. The number of fused-ring (bicyclic) bond motifs is 1. The number of rotatable bonds is 8. The molecule has 1 aliphatic heterocycles. The van der Waals surface area contributed by atoms with Crippen molar-refractivity contribution >= 4 is 43.4 Å². The van der Waals surface area contributed by atoms with Gasteiger partial charge in [0.25, 0.3) is 10.0 Å². The number of thioether (sulfide) groups is 1.